The maximum Gasteiger partial charge on any atom is 0.313 e. The number of rotatable bonds is 6. The summed E-state index contributed by atoms with van der Waals surface area (Å²) in [6.45, 7) is 9.35. The quantitative estimate of drug-likeness (QED) is 0.787. The van der Waals surface area contributed by atoms with Crippen LogP contribution in [-0.4, -0.2) is 28.2 Å². The number of aromatic nitrogens is 2. The van der Waals surface area contributed by atoms with Crippen molar-refractivity contribution >= 4 is 17.5 Å². The number of aryl methyl sites for hydroxylation is 2. The number of carbonyl (C=O) groups excluding carboxylic acids is 2. The Kier molecular flexibility index (Phi) is 6.16. The summed E-state index contributed by atoms with van der Waals surface area (Å²) in [7, 11) is 0. The number of amides is 2. The van der Waals surface area contributed by atoms with Crippen LogP contribution in [0.2, 0.25) is 0 Å². The molecule has 0 unspecified atom stereocenters. The molecule has 0 spiro atoms. The fourth-order valence-electron chi connectivity index (χ4n) is 2.54. The Morgan fingerprint density at radius 1 is 1.12 bits per heavy atom. The third-order valence-corrected chi connectivity index (χ3v) is 3.89. The second-order valence-electron chi connectivity index (χ2n) is 5.56. The van der Waals surface area contributed by atoms with Gasteiger partial charge in [-0.25, -0.2) is 0 Å². The molecule has 0 saturated carbocycles. The number of anilines is 1. The van der Waals surface area contributed by atoms with E-state index < -0.39 is 11.8 Å². The Morgan fingerprint density at radius 2 is 1.80 bits per heavy atom. The van der Waals surface area contributed by atoms with Crippen LogP contribution in [0.5, 0.6) is 5.75 Å². The van der Waals surface area contributed by atoms with E-state index in [9.17, 15) is 9.59 Å². The highest BCUT2D eigenvalue weighted by molar-refractivity contribution is 6.39. The van der Waals surface area contributed by atoms with Crippen LogP contribution in [0, 0.1) is 13.8 Å². The fraction of sp³-hybridized carbons (Fsp3) is 0.389. The molecule has 2 rings (SSSR count). The third kappa shape index (κ3) is 4.59. The van der Waals surface area contributed by atoms with Crippen molar-refractivity contribution in [2.45, 2.75) is 40.8 Å². The average Bonchev–Trinajstić information content (AvgIpc) is 2.88. The smallest absolute Gasteiger partial charge is 0.313 e. The monoisotopic (exact) mass is 344 g/mol. The number of hydrogen-bond donors (Lipinski definition) is 2. The maximum atomic E-state index is 12.0. The van der Waals surface area contributed by atoms with Crippen molar-refractivity contribution < 1.29 is 14.3 Å². The van der Waals surface area contributed by atoms with Gasteiger partial charge in [0.1, 0.15) is 5.75 Å². The summed E-state index contributed by atoms with van der Waals surface area (Å²) in [6, 6.07) is 6.86. The minimum absolute atomic E-state index is 0.271. The lowest BCUT2D eigenvalue weighted by atomic mass is 10.2. The van der Waals surface area contributed by atoms with Crippen LogP contribution in [0.3, 0.4) is 0 Å². The van der Waals surface area contributed by atoms with Gasteiger partial charge in [-0.15, -0.1) is 0 Å². The first-order valence-electron chi connectivity index (χ1n) is 8.31. The molecule has 1 aromatic carbocycles. The van der Waals surface area contributed by atoms with Gasteiger partial charge >= 0.3 is 11.8 Å². The molecule has 2 amide bonds. The minimum atomic E-state index is -0.706. The van der Waals surface area contributed by atoms with Gasteiger partial charge in [-0.2, -0.15) is 5.10 Å². The number of benzene rings is 1. The van der Waals surface area contributed by atoms with E-state index in [1.54, 1.807) is 24.3 Å². The van der Waals surface area contributed by atoms with E-state index in [0.717, 1.165) is 23.5 Å². The molecule has 7 nitrogen and oxygen atoms in total. The molecule has 0 aliphatic carbocycles. The van der Waals surface area contributed by atoms with Crippen LogP contribution < -0.4 is 15.4 Å². The van der Waals surface area contributed by atoms with Crippen LogP contribution in [-0.2, 0) is 22.7 Å². The van der Waals surface area contributed by atoms with Gasteiger partial charge in [-0.3, -0.25) is 14.3 Å². The van der Waals surface area contributed by atoms with Crippen molar-refractivity contribution in [2.24, 2.45) is 0 Å². The molecule has 25 heavy (non-hydrogen) atoms. The molecular formula is C18H24N4O3. The molecule has 2 N–H and O–H groups in total. The van der Waals surface area contributed by atoms with Gasteiger partial charge in [0.2, 0.25) is 0 Å². The van der Waals surface area contributed by atoms with Gasteiger partial charge in [0, 0.05) is 30.0 Å². The zero-order chi connectivity index (χ0) is 18.4. The predicted octanol–water partition coefficient (Wildman–Crippen LogP) is 2.17. The molecule has 0 radical (unpaired) electrons. The Labute approximate surface area is 147 Å². The Balaban J connectivity index is 1.92. The summed E-state index contributed by atoms with van der Waals surface area (Å²) < 4.78 is 7.21. The van der Waals surface area contributed by atoms with E-state index in [0.29, 0.717) is 18.0 Å². The van der Waals surface area contributed by atoms with Gasteiger partial charge in [-0.1, -0.05) is 0 Å². The lowest BCUT2D eigenvalue weighted by molar-refractivity contribution is -0.136. The highest BCUT2D eigenvalue weighted by atomic mass is 16.5. The van der Waals surface area contributed by atoms with Crippen molar-refractivity contribution in [1.82, 2.24) is 15.1 Å². The largest absolute Gasteiger partial charge is 0.494 e. The molecule has 1 heterocycles. The number of nitrogens with one attached hydrogen (secondary N) is 2. The van der Waals surface area contributed by atoms with Gasteiger partial charge in [0.05, 0.1) is 12.3 Å². The molecule has 0 atom stereocenters. The van der Waals surface area contributed by atoms with E-state index in [2.05, 4.69) is 15.7 Å². The zero-order valence-corrected chi connectivity index (χ0v) is 15.0. The maximum absolute atomic E-state index is 12.0. The molecule has 0 bridgehead atoms. The molecule has 0 aliphatic rings. The number of nitrogens with zero attached hydrogens (tertiary/aromatic N) is 2. The summed E-state index contributed by atoms with van der Waals surface area (Å²) in [4.78, 5) is 24.0. The number of ether oxygens (including phenoxy) is 1. The fourth-order valence-corrected chi connectivity index (χ4v) is 2.54. The summed E-state index contributed by atoms with van der Waals surface area (Å²) in [6.07, 6.45) is 0. The van der Waals surface area contributed by atoms with Crippen molar-refractivity contribution in [2.75, 3.05) is 11.9 Å². The lowest BCUT2D eigenvalue weighted by Gasteiger charge is -2.08. The molecule has 1 aromatic heterocycles. The van der Waals surface area contributed by atoms with Crippen LogP contribution in [0.4, 0.5) is 5.69 Å². The van der Waals surface area contributed by atoms with E-state index in [1.807, 2.05) is 32.4 Å². The van der Waals surface area contributed by atoms with Gasteiger partial charge < -0.3 is 15.4 Å². The second kappa shape index (κ2) is 8.32. The van der Waals surface area contributed by atoms with Crippen molar-refractivity contribution in [3.63, 3.8) is 0 Å². The second-order valence-corrected chi connectivity index (χ2v) is 5.56. The van der Waals surface area contributed by atoms with Crippen LogP contribution in [0.25, 0.3) is 0 Å². The Bertz CT molecular complexity index is 750. The van der Waals surface area contributed by atoms with Crippen molar-refractivity contribution in [3.05, 3.63) is 41.2 Å². The summed E-state index contributed by atoms with van der Waals surface area (Å²) in [5, 5.41) is 9.60. The molecule has 0 fully saturated rings. The molecule has 7 heteroatoms. The summed E-state index contributed by atoms with van der Waals surface area (Å²) in [5.41, 5.74) is 3.32. The molecule has 134 valence electrons. The highest BCUT2D eigenvalue weighted by Gasteiger charge is 2.16. The van der Waals surface area contributed by atoms with E-state index in [1.165, 1.54) is 0 Å². The van der Waals surface area contributed by atoms with Crippen LogP contribution >= 0.6 is 0 Å². The number of hydrogen-bond acceptors (Lipinski definition) is 4. The van der Waals surface area contributed by atoms with Crippen LogP contribution in [0.1, 0.15) is 30.8 Å². The van der Waals surface area contributed by atoms with Crippen molar-refractivity contribution in [1.29, 1.82) is 0 Å². The van der Waals surface area contributed by atoms with E-state index >= 15 is 0 Å². The minimum Gasteiger partial charge on any atom is -0.494 e. The zero-order valence-electron chi connectivity index (χ0n) is 15.0. The van der Waals surface area contributed by atoms with E-state index in [-0.39, 0.29) is 6.54 Å². The lowest BCUT2D eigenvalue weighted by Crippen LogP contribution is -2.35. The molecule has 0 aliphatic heterocycles. The summed E-state index contributed by atoms with van der Waals surface area (Å²) in [5.74, 6) is -0.678. The van der Waals surface area contributed by atoms with E-state index in [4.69, 9.17) is 4.74 Å². The van der Waals surface area contributed by atoms with Gasteiger partial charge in [-0.05, 0) is 52.0 Å². The topological polar surface area (TPSA) is 85.2 Å². The highest BCUT2D eigenvalue weighted by Crippen LogP contribution is 2.16. The first-order valence-corrected chi connectivity index (χ1v) is 8.31. The average molecular weight is 344 g/mol. The first-order chi connectivity index (χ1) is 12.0. The normalized spacial score (nSPS) is 10.4. The van der Waals surface area contributed by atoms with Gasteiger partial charge in [0.25, 0.3) is 0 Å². The Hall–Kier alpha value is -2.83. The molecular weight excluding hydrogens is 320 g/mol. The van der Waals surface area contributed by atoms with Gasteiger partial charge in [0.15, 0.2) is 0 Å². The summed E-state index contributed by atoms with van der Waals surface area (Å²) >= 11 is 0. The third-order valence-electron chi connectivity index (χ3n) is 3.89. The number of carbonyl (C=O) groups is 2. The SMILES string of the molecule is CCOc1ccc(NC(=O)C(=O)NCc2c(C)nn(CC)c2C)cc1. The van der Waals surface area contributed by atoms with Crippen molar-refractivity contribution in [3.8, 4) is 5.75 Å². The first kappa shape index (κ1) is 18.5. The van der Waals surface area contributed by atoms with Crippen LogP contribution in [0.15, 0.2) is 24.3 Å². The standard InChI is InChI=1S/C18H24N4O3/c1-5-22-13(4)16(12(3)21-22)11-19-17(23)18(24)20-14-7-9-15(10-8-14)25-6-2/h7-10H,5-6,11H2,1-4H3,(H,19,23)(H,20,24). The molecule has 2 aromatic rings. The predicted molar refractivity (Wildman–Crippen MR) is 95.5 cm³/mol. The Morgan fingerprint density at radius 3 is 2.36 bits per heavy atom. The molecule has 0 saturated heterocycles.